The largest absolute Gasteiger partial charge is 0.480 e. The normalized spacial score (nSPS) is 13.9. The van der Waals surface area contributed by atoms with Crippen LogP contribution in [0.2, 0.25) is 0 Å². The highest BCUT2D eigenvalue weighted by atomic mass is 32.1. The van der Waals surface area contributed by atoms with Gasteiger partial charge in [-0.15, -0.1) is 11.3 Å². The van der Waals surface area contributed by atoms with E-state index in [1.54, 1.807) is 25.4 Å². The lowest BCUT2D eigenvalue weighted by Gasteiger charge is -2.15. The van der Waals surface area contributed by atoms with Crippen molar-refractivity contribution in [1.29, 1.82) is 0 Å². The van der Waals surface area contributed by atoms with Crippen molar-refractivity contribution in [1.82, 2.24) is 10.3 Å². The number of carbonyl (C=O) groups is 3. The van der Waals surface area contributed by atoms with Crippen molar-refractivity contribution in [2.45, 2.75) is 51.6 Å². The standard InChI is InChI=1S/C21H25N3O5S/c1-2-29-21(28)18-14-7-3-4-8-16(14)30-19(18)24-17(25)10-15(20(26)27)23-12-13-6-5-9-22-11-13/h5-6,9,11,15,23H,2-4,7-8,10,12H2,1H3,(H,24,25)(H,26,27)/t15-/m1/s1. The molecule has 0 aliphatic heterocycles. The SMILES string of the molecule is CCOC(=O)c1c(NC(=O)C[C@@H](NCc2cccnc2)C(=O)O)sc2c1CCCC2. The molecule has 0 bridgehead atoms. The zero-order valence-corrected chi connectivity index (χ0v) is 17.6. The Morgan fingerprint density at radius 3 is 2.80 bits per heavy atom. The molecule has 0 saturated carbocycles. The van der Waals surface area contributed by atoms with Gasteiger partial charge in [-0.1, -0.05) is 6.07 Å². The number of carboxylic acid groups (broad SMARTS) is 1. The second-order valence-corrected chi connectivity index (χ2v) is 8.13. The molecule has 0 fully saturated rings. The van der Waals surface area contributed by atoms with E-state index in [4.69, 9.17) is 4.74 Å². The molecular weight excluding hydrogens is 406 g/mol. The van der Waals surface area contributed by atoms with Gasteiger partial charge in [0.2, 0.25) is 5.91 Å². The van der Waals surface area contributed by atoms with Crippen LogP contribution < -0.4 is 10.6 Å². The summed E-state index contributed by atoms with van der Waals surface area (Å²) in [5.41, 5.74) is 2.18. The number of aryl methyl sites for hydroxylation is 1. The minimum Gasteiger partial charge on any atom is -0.480 e. The van der Waals surface area contributed by atoms with E-state index < -0.39 is 23.9 Å². The van der Waals surface area contributed by atoms with Gasteiger partial charge in [0.15, 0.2) is 0 Å². The summed E-state index contributed by atoms with van der Waals surface area (Å²) in [7, 11) is 0. The van der Waals surface area contributed by atoms with Crippen LogP contribution in [-0.2, 0) is 33.7 Å². The number of hydrogen-bond acceptors (Lipinski definition) is 7. The molecule has 0 spiro atoms. The van der Waals surface area contributed by atoms with Crippen molar-refractivity contribution in [3.8, 4) is 0 Å². The van der Waals surface area contributed by atoms with Crippen molar-refractivity contribution < 1.29 is 24.2 Å². The molecular formula is C21H25N3O5S. The predicted molar refractivity (Wildman–Crippen MR) is 113 cm³/mol. The summed E-state index contributed by atoms with van der Waals surface area (Å²) >= 11 is 1.38. The Kier molecular flexibility index (Phi) is 7.53. The molecule has 1 amide bonds. The number of rotatable bonds is 9. The third kappa shape index (κ3) is 5.43. The molecule has 30 heavy (non-hydrogen) atoms. The van der Waals surface area contributed by atoms with E-state index in [1.165, 1.54) is 11.3 Å². The Morgan fingerprint density at radius 1 is 1.30 bits per heavy atom. The monoisotopic (exact) mass is 431 g/mol. The van der Waals surface area contributed by atoms with Crippen molar-refractivity contribution in [2.24, 2.45) is 0 Å². The summed E-state index contributed by atoms with van der Waals surface area (Å²) in [6, 6.07) is 2.52. The predicted octanol–water partition coefficient (Wildman–Crippen LogP) is 2.77. The first-order chi connectivity index (χ1) is 14.5. The second-order valence-electron chi connectivity index (χ2n) is 7.02. The average molecular weight is 432 g/mol. The van der Waals surface area contributed by atoms with E-state index in [9.17, 15) is 19.5 Å². The van der Waals surface area contributed by atoms with Crippen LogP contribution in [0.25, 0.3) is 0 Å². The number of ether oxygens (including phenoxy) is 1. The number of hydrogen-bond donors (Lipinski definition) is 3. The summed E-state index contributed by atoms with van der Waals surface area (Å²) in [6.07, 6.45) is 6.68. The van der Waals surface area contributed by atoms with Gasteiger partial charge < -0.3 is 15.2 Å². The second kappa shape index (κ2) is 10.3. The summed E-state index contributed by atoms with van der Waals surface area (Å²) in [4.78, 5) is 41.8. The summed E-state index contributed by atoms with van der Waals surface area (Å²) < 4.78 is 5.19. The summed E-state index contributed by atoms with van der Waals surface area (Å²) in [5, 5.41) is 15.6. The van der Waals surface area contributed by atoms with Crippen molar-refractivity contribution in [2.75, 3.05) is 11.9 Å². The maximum absolute atomic E-state index is 12.6. The Balaban J connectivity index is 1.70. The van der Waals surface area contributed by atoms with E-state index in [0.29, 0.717) is 10.6 Å². The fourth-order valence-electron chi connectivity index (χ4n) is 3.43. The number of aromatic nitrogens is 1. The van der Waals surface area contributed by atoms with Crippen LogP contribution in [0.5, 0.6) is 0 Å². The molecule has 160 valence electrons. The number of thiophene rings is 1. The molecule has 0 radical (unpaired) electrons. The van der Waals surface area contributed by atoms with Gasteiger partial charge in [0, 0.05) is 23.8 Å². The van der Waals surface area contributed by atoms with Crippen molar-refractivity contribution in [3.05, 3.63) is 46.1 Å². The van der Waals surface area contributed by atoms with E-state index in [0.717, 1.165) is 41.7 Å². The maximum atomic E-state index is 12.6. The average Bonchev–Trinajstić information content (AvgIpc) is 3.09. The van der Waals surface area contributed by atoms with E-state index in [-0.39, 0.29) is 19.6 Å². The molecule has 0 saturated heterocycles. The van der Waals surface area contributed by atoms with Crippen LogP contribution in [0.4, 0.5) is 5.00 Å². The van der Waals surface area contributed by atoms with Gasteiger partial charge in [0.1, 0.15) is 11.0 Å². The molecule has 2 aromatic heterocycles. The molecule has 8 nitrogen and oxygen atoms in total. The molecule has 0 aromatic carbocycles. The van der Waals surface area contributed by atoms with Crippen molar-refractivity contribution in [3.63, 3.8) is 0 Å². The molecule has 1 atom stereocenters. The molecule has 9 heteroatoms. The van der Waals surface area contributed by atoms with E-state index >= 15 is 0 Å². The molecule has 3 N–H and O–H groups in total. The smallest absolute Gasteiger partial charge is 0.341 e. The quantitative estimate of drug-likeness (QED) is 0.523. The number of esters is 1. The number of carboxylic acids is 1. The van der Waals surface area contributed by atoms with Crippen LogP contribution in [-0.4, -0.2) is 40.6 Å². The van der Waals surface area contributed by atoms with Gasteiger partial charge in [-0.2, -0.15) is 0 Å². The molecule has 3 rings (SSSR count). The fraction of sp³-hybridized carbons (Fsp3) is 0.429. The van der Waals surface area contributed by atoms with Crippen LogP contribution in [0.3, 0.4) is 0 Å². The van der Waals surface area contributed by atoms with E-state index in [2.05, 4.69) is 15.6 Å². The number of fused-ring (bicyclic) bond motifs is 1. The number of nitrogens with one attached hydrogen (secondary N) is 2. The molecule has 2 heterocycles. The number of anilines is 1. The highest BCUT2D eigenvalue weighted by Gasteiger charge is 2.28. The number of nitrogens with zero attached hydrogens (tertiary/aromatic N) is 1. The lowest BCUT2D eigenvalue weighted by molar-refractivity contribution is -0.141. The molecule has 2 aromatic rings. The highest BCUT2D eigenvalue weighted by molar-refractivity contribution is 7.17. The summed E-state index contributed by atoms with van der Waals surface area (Å²) in [5.74, 6) is -2.04. The minimum absolute atomic E-state index is 0.246. The fourth-order valence-corrected chi connectivity index (χ4v) is 4.72. The zero-order chi connectivity index (χ0) is 21.5. The first kappa shape index (κ1) is 21.9. The maximum Gasteiger partial charge on any atom is 0.341 e. The third-order valence-corrected chi connectivity index (χ3v) is 6.07. The summed E-state index contributed by atoms with van der Waals surface area (Å²) in [6.45, 7) is 2.26. The van der Waals surface area contributed by atoms with Crippen molar-refractivity contribution >= 4 is 34.2 Å². The number of carbonyl (C=O) groups excluding carboxylic acids is 2. The van der Waals surface area contributed by atoms with Crippen LogP contribution >= 0.6 is 11.3 Å². The number of amides is 1. The van der Waals surface area contributed by atoms with Gasteiger partial charge in [0.05, 0.1) is 18.6 Å². The van der Waals surface area contributed by atoms with Gasteiger partial charge >= 0.3 is 11.9 Å². The van der Waals surface area contributed by atoms with Gasteiger partial charge in [-0.05, 0) is 49.8 Å². The highest BCUT2D eigenvalue weighted by Crippen LogP contribution is 2.38. The van der Waals surface area contributed by atoms with Gasteiger partial charge in [-0.25, -0.2) is 4.79 Å². The minimum atomic E-state index is -1.12. The van der Waals surface area contributed by atoms with E-state index in [1.807, 2.05) is 6.07 Å². The van der Waals surface area contributed by atoms with Crippen LogP contribution in [0, 0.1) is 0 Å². The molecule has 0 unspecified atom stereocenters. The third-order valence-electron chi connectivity index (χ3n) is 4.87. The Bertz CT molecular complexity index is 913. The first-order valence-corrected chi connectivity index (χ1v) is 10.8. The topological polar surface area (TPSA) is 118 Å². The Morgan fingerprint density at radius 2 is 2.10 bits per heavy atom. The molecule has 1 aliphatic carbocycles. The van der Waals surface area contributed by atoms with Crippen LogP contribution in [0.15, 0.2) is 24.5 Å². The Labute approximate surface area is 178 Å². The van der Waals surface area contributed by atoms with Gasteiger partial charge in [0.25, 0.3) is 0 Å². The number of pyridine rings is 1. The van der Waals surface area contributed by atoms with Crippen LogP contribution in [0.1, 0.15) is 52.5 Å². The lowest BCUT2D eigenvalue weighted by atomic mass is 9.95. The number of aliphatic carboxylic acids is 1. The lowest BCUT2D eigenvalue weighted by Crippen LogP contribution is -2.39. The first-order valence-electron chi connectivity index (χ1n) is 9.96. The molecule has 1 aliphatic rings. The Hall–Kier alpha value is -2.78. The van der Waals surface area contributed by atoms with Gasteiger partial charge in [-0.3, -0.25) is 19.9 Å². The zero-order valence-electron chi connectivity index (χ0n) is 16.8.